The molecule has 5 atom stereocenters. The fraction of sp³-hybridized carbons (Fsp3) is 0.895. The summed E-state index contributed by atoms with van der Waals surface area (Å²) in [7, 11) is 0. The van der Waals surface area contributed by atoms with Crippen LogP contribution in [0.2, 0.25) is 0 Å². The number of ether oxygens (including phenoxy) is 3. The summed E-state index contributed by atoms with van der Waals surface area (Å²) in [6.07, 6.45) is 3.31. The number of hydrogen-bond acceptors (Lipinski definition) is 6. The first-order chi connectivity index (χ1) is 11.8. The average Bonchev–Trinajstić information content (AvgIpc) is 2.53. The molecule has 0 aromatic carbocycles. The first-order valence-electron chi connectivity index (χ1n) is 9.49. The molecular formula is C19H32O6. The molecule has 2 fully saturated rings. The molecule has 1 aliphatic heterocycles. The van der Waals surface area contributed by atoms with Gasteiger partial charge in [0, 0.05) is 6.42 Å². The van der Waals surface area contributed by atoms with Gasteiger partial charge >= 0.3 is 11.9 Å². The molecule has 2 rings (SSSR count). The molecule has 6 nitrogen and oxygen atoms in total. The maximum atomic E-state index is 12.1. The highest BCUT2D eigenvalue weighted by Gasteiger charge is 2.41. The maximum absolute atomic E-state index is 12.1. The van der Waals surface area contributed by atoms with Crippen LogP contribution in [0, 0.1) is 11.8 Å². The zero-order valence-electron chi connectivity index (χ0n) is 15.7. The summed E-state index contributed by atoms with van der Waals surface area (Å²) in [5.41, 5.74) is -0.236. The van der Waals surface area contributed by atoms with Crippen LogP contribution >= 0.6 is 0 Å². The molecule has 2 aliphatic rings. The van der Waals surface area contributed by atoms with Gasteiger partial charge in [-0.05, 0) is 44.9 Å². The lowest BCUT2D eigenvalue weighted by molar-refractivity contribution is -0.166. The minimum absolute atomic E-state index is 0.139. The molecule has 25 heavy (non-hydrogen) atoms. The Kier molecular flexibility index (Phi) is 7.25. The third-order valence-electron chi connectivity index (χ3n) is 5.67. The van der Waals surface area contributed by atoms with Crippen LogP contribution in [0.5, 0.6) is 0 Å². The van der Waals surface area contributed by atoms with Crippen molar-refractivity contribution in [3.63, 3.8) is 0 Å². The minimum atomic E-state index is -0.915. The molecule has 0 radical (unpaired) electrons. The van der Waals surface area contributed by atoms with E-state index >= 15 is 0 Å². The lowest BCUT2D eigenvalue weighted by atomic mass is 9.68. The van der Waals surface area contributed by atoms with Crippen LogP contribution in [0.25, 0.3) is 0 Å². The van der Waals surface area contributed by atoms with Crippen LogP contribution in [0.1, 0.15) is 65.7 Å². The van der Waals surface area contributed by atoms with Crippen molar-refractivity contribution in [1.82, 2.24) is 0 Å². The molecule has 1 saturated carbocycles. The van der Waals surface area contributed by atoms with Crippen LogP contribution in [0.15, 0.2) is 0 Å². The number of aliphatic hydroxyl groups excluding tert-OH is 1. The van der Waals surface area contributed by atoms with E-state index in [4.69, 9.17) is 14.2 Å². The van der Waals surface area contributed by atoms with Gasteiger partial charge in [0.15, 0.2) is 0 Å². The molecule has 6 heteroatoms. The fourth-order valence-electron chi connectivity index (χ4n) is 4.19. The first kappa shape index (κ1) is 20.2. The van der Waals surface area contributed by atoms with Gasteiger partial charge in [0.25, 0.3) is 0 Å². The van der Waals surface area contributed by atoms with Crippen molar-refractivity contribution >= 4 is 11.9 Å². The predicted molar refractivity (Wildman–Crippen MR) is 91.8 cm³/mol. The average molecular weight is 356 g/mol. The number of carbonyl (C=O) groups is 2. The van der Waals surface area contributed by atoms with E-state index in [1.807, 2.05) is 0 Å². The Bertz CT molecular complexity index is 463. The second-order valence-corrected chi connectivity index (χ2v) is 7.72. The smallest absolute Gasteiger partial charge is 0.309 e. The van der Waals surface area contributed by atoms with Crippen molar-refractivity contribution in [3.05, 3.63) is 0 Å². The number of aliphatic hydroxyl groups is 1. The van der Waals surface area contributed by atoms with Crippen LogP contribution in [0.3, 0.4) is 0 Å². The molecular weight excluding hydrogens is 324 g/mol. The predicted octanol–water partition coefficient (Wildman–Crippen LogP) is 2.61. The minimum Gasteiger partial charge on any atom is -0.463 e. The Labute approximate surface area is 150 Å². The quantitative estimate of drug-likeness (QED) is 0.727. The lowest BCUT2D eigenvalue weighted by Gasteiger charge is -2.45. The van der Waals surface area contributed by atoms with Gasteiger partial charge in [-0.15, -0.1) is 0 Å². The number of fused-ring (bicyclic) bond motifs is 1. The summed E-state index contributed by atoms with van der Waals surface area (Å²) >= 11 is 0. The van der Waals surface area contributed by atoms with Gasteiger partial charge in [-0.2, -0.15) is 0 Å². The number of cyclic esters (lactones) is 2. The maximum Gasteiger partial charge on any atom is 0.309 e. The van der Waals surface area contributed by atoms with Crippen molar-refractivity contribution in [2.24, 2.45) is 11.8 Å². The molecule has 0 bridgehead atoms. The van der Waals surface area contributed by atoms with Gasteiger partial charge in [-0.1, -0.05) is 19.8 Å². The van der Waals surface area contributed by atoms with E-state index < -0.39 is 18.2 Å². The molecule has 1 saturated heterocycles. The summed E-state index contributed by atoms with van der Waals surface area (Å²) in [6, 6.07) is 0. The van der Waals surface area contributed by atoms with Crippen LogP contribution < -0.4 is 0 Å². The third kappa shape index (κ3) is 5.68. The zero-order valence-corrected chi connectivity index (χ0v) is 15.7. The van der Waals surface area contributed by atoms with E-state index in [0.29, 0.717) is 18.4 Å². The van der Waals surface area contributed by atoms with Gasteiger partial charge in [0.1, 0.15) is 12.7 Å². The van der Waals surface area contributed by atoms with Crippen molar-refractivity contribution in [2.45, 2.75) is 83.5 Å². The van der Waals surface area contributed by atoms with Gasteiger partial charge in [-0.3, -0.25) is 9.59 Å². The molecule has 144 valence electrons. The number of esters is 2. The van der Waals surface area contributed by atoms with Crippen LogP contribution in [-0.2, 0) is 23.8 Å². The second-order valence-electron chi connectivity index (χ2n) is 7.72. The molecule has 1 aliphatic carbocycles. The third-order valence-corrected chi connectivity index (χ3v) is 5.67. The topological polar surface area (TPSA) is 82.1 Å². The van der Waals surface area contributed by atoms with Gasteiger partial charge in [0.2, 0.25) is 0 Å². The largest absolute Gasteiger partial charge is 0.463 e. The molecule has 0 unspecified atom stereocenters. The monoisotopic (exact) mass is 356 g/mol. The number of hydrogen-bond donors (Lipinski definition) is 1. The van der Waals surface area contributed by atoms with E-state index in [9.17, 15) is 14.7 Å². The van der Waals surface area contributed by atoms with E-state index in [1.165, 1.54) is 13.3 Å². The van der Waals surface area contributed by atoms with Crippen LogP contribution in [0.4, 0.5) is 0 Å². The van der Waals surface area contributed by atoms with E-state index in [1.54, 1.807) is 0 Å². The summed E-state index contributed by atoms with van der Waals surface area (Å²) in [5.74, 6) is 0.0515. The highest BCUT2D eigenvalue weighted by Crippen LogP contribution is 2.43. The molecule has 0 amide bonds. The Balaban J connectivity index is 2.07. The number of rotatable bonds is 1. The molecule has 0 spiro atoms. The summed E-state index contributed by atoms with van der Waals surface area (Å²) in [6.45, 7) is 6.44. The summed E-state index contributed by atoms with van der Waals surface area (Å²) < 4.78 is 16.6. The van der Waals surface area contributed by atoms with Gasteiger partial charge < -0.3 is 19.3 Å². The summed E-state index contributed by atoms with van der Waals surface area (Å²) in [5, 5.41) is 9.73. The van der Waals surface area contributed by atoms with Crippen molar-refractivity contribution in [3.8, 4) is 0 Å². The Morgan fingerprint density at radius 2 is 1.92 bits per heavy atom. The Hall–Kier alpha value is -1.14. The van der Waals surface area contributed by atoms with Crippen molar-refractivity contribution < 1.29 is 28.9 Å². The van der Waals surface area contributed by atoms with E-state index in [2.05, 4.69) is 13.8 Å². The van der Waals surface area contributed by atoms with E-state index in [-0.39, 0.29) is 31.0 Å². The molecule has 1 heterocycles. The van der Waals surface area contributed by atoms with Crippen molar-refractivity contribution in [2.75, 3.05) is 13.2 Å². The normalized spacial score (nSPS) is 37.2. The second kappa shape index (κ2) is 8.99. The molecule has 0 aromatic rings. The van der Waals surface area contributed by atoms with Gasteiger partial charge in [-0.25, -0.2) is 0 Å². The first-order valence-corrected chi connectivity index (χ1v) is 9.49. The SMILES string of the molecule is C[C@@H](O)[C@H]1CC(=O)OCCO[C@]2(C)CCC[C@H](C)[C@@H]2CCCC(=O)O1. The Morgan fingerprint density at radius 3 is 2.64 bits per heavy atom. The Morgan fingerprint density at radius 1 is 1.16 bits per heavy atom. The number of carbonyl (C=O) groups excluding carboxylic acids is 2. The fourth-order valence-corrected chi connectivity index (χ4v) is 4.19. The highest BCUT2D eigenvalue weighted by molar-refractivity contribution is 5.72. The van der Waals surface area contributed by atoms with Gasteiger partial charge in [0.05, 0.1) is 24.7 Å². The standard InChI is InChI=1S/C19H32O6/c1-13-6-5-9-19(3)15(13)7-4-8-17(21)25-16(14(2)20)12-18(22)23-10-11-24-19/h13-16,20H,4-12H2,1-3H3/t13-,14+,15-,16+,19+/m0/s1. The molecule has 1 N–H and O–H groups in total. The van der Waals surface area contributed by atoms with Crippen molar-refractivity contribution in [1.29, 1.82) is 0 Å². The zero-order chi connectivity index (χ0) is 18.4. The molecule has 0 aromatic heterocycles. The van der Waals surface area contributed by atoms with E-state index in [0.717, 1.165) is 25.7 Å². The highest BCUT2D eigenvalue weighted by atomic mass is 16.6. The van der Waals surface area contributed by atoms with Crippen LogP contribution in [-0.4, -0.2) is 48.1 Å². The lowest BCUT2D eigenvalue weighted by Crippen LogP contribution is -2.45. The summed E-state index contributed by atoms with van der Waals surface area (Å²) in [4.78, 5) is 24.0.